The number of benzene rings is 1. The summed E-state index contributed by atoms with van der Waals surface area (Å²) in [5.74, 6) is 0.809. The van der Waals surface area contributed by atoms with Gasteiger partial charge in [0, 0.05) is 30.2 Å². The molecular weight excluding hydrogens is 306 g/mol. The van der Waals surface area contributed by atoms with Crippen LogP contribution in [0.1, 0.15) is 6.42 Å². The number of anilines is 1. The molecule has 1 aromatic heterocycles. The average molecular weight is 322 g/mol. The van der Waals surface area contributed by atoms with E-state index in [0.717, 1.165) is 34.5 Å². The molecule has 0 saturated heterocycles. The van der Waals surface area contributed by atoms with Gasteiger partial charge in [-0.2, -0.15) is 0 Å². The van der Waals surface area contributed by atoms with E-state index >= 15 is 0 Å². The van der Waals surface area contributed by atoms with Crippen LogP contribution in [0.4, 0.5) is 5.82 Å². The van der Waals surface area contributed by atoms with E-state index in [1.807, 2.05) is 48.3 Å². The lowest BCUT2D eigenvalue weighted by atomic mass is 10.1. The van der Waals surface area contributed by atoms with Crippen LogP contribution >= 0.6 is 15.9 Å². The molecule has 1 N–H and O–H groups in total. The molecule has 0 spiro atoms. The topological polar surface area (TPSA) is 49.2 Å². The van der Waals surface area contributed by atoms with Crippen LogP contribution in [0.5, 0.6) is 0 Å². The molecule has 0 fully saturated rings. The Labute approximate surface area is 121 Å². The highest BCUT2D eigenvalue weighted by Gasteiger charge is 2.06. The van der Waals surface area contributed by atoms with E-state index in [2.05, 4.69) is 26.1 Å². The van der Waals surface area contributed by atoms with E-state index in [1.54, 1.807) is 0 Å². The number of aromatic nitrogens is 2. The summed E-state index contributed by atoms with van der Waals surface area (Å²) >= 11 is 3.51. The fourth-order valence-electron chi connectivity index (χ4n) is 1.76. The Kier molecular flexibility index (Phi) is 4.87. The minimum Gasteiger partial charge on any atom is -0.396 e. The number of rotatable bonds is 5. The molecule has 0 atom stereocenters. The highest BCUT2D eigenvalue weighted by atomic mass is 79.9. The first kappa shape index (κ1) is 14.0. The van der Waals surface area contributed by atoms with Crippen molar-refractivity contribution in [2.24, 2.45) is 0 Å². The van der Waals surface area contributed by atoms with Gasteiger partial charge in [0.25, 0.3) is 0 Å². The van der Waals surface area contributed by atoms with Gasteiger partial charge in [-0.25, -0.2) is 0 Å². The van der Waals surface area contributed by atoms with E-state index in [-0.39, 0.29) is 6.61 Å². The zero-order valence-corrected chi connectivity index (χ0v) is 12.3. The molecule has 0 unspecified atom stereocenters. The molecule has 2 aromatic rings. The lowest BCUT2D eigenvalue weighted by Crippen LogP contribution is -2.20. The summed E-state index contributed by atoms with van der Waals surface area (Å²) in [4.78, 5) is 1.98. The molecule has 0 aliphatic carbocycles. The maximum Gasteiger partial charge on any atom is 0.151 e. The minimum absolute atomic E-state index is 0.187. The quantitative estimate of drug-likeness (QED) is 0.920. The SMILES string of the molecule is CN(CCCO)c1ccc(-c2ccccc2Br)nn1. The summed E-state index contributed by atoms with van der Waals surface area (Å²) < 4.78 is 1.01. The van der Waals surface area contributed by atoms with Gasteiger partial charge >= 0.3 is 0 Å². The van der Waals surface area contributed by atoms with Crippen molar-refractivity contribution in [2.75, 3.05) is 25.1 Å². The average Bonchev–Trinajstić information content (AvgIpc) is 2.45. The molecule has 0 aliphatic heterocycles. The summed E-state index contributed by atoms with van der Waals surface area (Å²) in [6.07, 6.45) is 0.726. The molecule has 1 heterocycles. The van der Waals surface area contributed by atoms with Crippen LogP contribution in [0, 0.1) is 0 Å². The third-order valence-corrected chi connectivity index (χ3v) is 3.53. The lowest BCUT2D eigenvalue weighted by molar-refractivity contribution is 0.290. The molecule has 4 nitrogen and oxygen atoms in total. The molecule has 0 aliphatic rings. The summed E-state index contributed by atoms with van der Waals surface area (Å²) in [6.45, 7) is 0.951. The number of aliphatic hydroxyl groups excluding tert-OH is 1. The molecule has 2 rings (SSSR count). The standard InChI is InChI=1S/C14H16BrN3O/c1-18(9-4-10-19)14-8-7-13(16-17-14)11-5-2-3-6-12(11)15/h2-3,5-8,19H,4,9-10H2,1H3. The summed E-state index contributed by atoms with van der Waals surface area (Å²) in [5, 5.41) is 17.3. The Morgan fingerprint density at radius 2 is 1.95 bits per heavy atom. The van der Waals surface area contributed by atoms with Crippen molar-refractivity contribution >= 4 is 21.7 Å². The van der Waals surface area contributed by atoms with Crippen LogP contribution in [-0.4, -0.2) is 35.5 Å². The van der Waals surface area contributed by atoms with Crippen LogP contribution in [0.3, 0.4) is 0 Å². The maximum absolute atomic E-state index is 8.82. The monoisotopic (exact) mass is 321 g/mol. The Morgan fingerprint density at radius 1 is 1.16 bits per heavy atom. The fourth-order valence-corrected chi connectivity index (χ4v) is 2.25. The molecule has 0 radical (unpaired) electrons. The molecule has 100 valence electrons. The summed E-state index contributed by atoms with van der Waals surface area (Å²) in [6, 6.07) is 11.8. The number of hydrogen-bond donors (Lipinski definition) is 1. The molecule has 5 heteroatoms. The van der Waals surface area contributed by atoms with Gasteiger partial charge in [0.05, 0.1) is 5.69 Å². The van der Waals surface area contributed by atoms with Gasteiger partial charge in [0.15, 0.2) is 5.82 Å². The van der Waals surface area contributed by atoms with Crippen molar-refractivity contribution in [1.82, 2.24) is 10.2 Å². The largest absolute Gasteiger partial charge is 0.396 e. The van der Waals surface area contributed by atoms with Crippen molar-refractivity contribution in [2.45, 2.75) is 6.42 Å². The number of nitrogens with zero attached hydrogens (tertiary/aromatic N) is 3. The Bertz CT molecular complexity index is 530. The van der Waals surface area contributed by atoms with Crippen LogP contribution in [-0.2, 0) is 0 Å². The van der Waals surface area contributed by atoms with Gasteiger partial charge in [0.1, 0.15) is 0 Å². The lowest BCUT2D eigenvalue weighted by Gasteiger charge is -2.16. The van der Waals surface area contributed by atoms with Crippen molar-refractivity contribution in [3.05, 3.63) is 40.9 Å². The third-order valence-electron chi connectivity index (χ3n) is 2.84. The Balaban J connectivity index is 2.17. The summed E-state index contributed by atoms with van der Waals surface area (Å²) in [5.41, 5.74) is 1.87. The predicted molar refractivity (Wildman–Crippen MR) is 80.1 cm³/mol. The Hall–Kier alpha value is -1.46. The molecule has 0 amide bonds. The van der Waals surface area contributed by atoms with Gasteiger partial charge < -0.3 is 10.0 Å². The van der Waals surface area contributed by atoms with Crippen molar-refractivity contribution < 1.29 is 5.11 Å². The van der Waals surface area contributed by atoms with E-state index in [4.69, 9.17) is 5.11 Å². The van der Waals surface area contributed by atoms with Crippen LogP contribution in [0.2, 0.25) is 0 Å². The first-order chi connectivity index (χ1) is 9.22. The molecular formula is C14H16BrN3O. The zero-order chi connectivity index (χ0) is 13.7. The van der Waals surface area contributed by atoms with Crippen LogP contribution in [0.25, 0.3) is 11.3 Å². The van der Waals surface area contributed by atoms with Crippen molar-refractivity contribution in [1.29, 1.82) is 0 Å². The first-order valence-electron chi connectivity index (χ1n) is 6.13. The highest BCUT2D eigenvalue weighted by molar-refractivity contribution is 9.10. The van der Waals surface area contributed by atoms with Crippen molar-refractivity contribution in [3.8, 4) is 11.3 Å². The van der Waals surface area contributed by atoms with Crippen LogP contribution in [0.15, 0.2) is 40.9 Å². The maximum atomic E-state index is 8.82. The highest BCUT2D eigenvalue weighted by Crippen LogP contribution is 2.26. The Morgan fingerprint density at radius 3 is 2.58 bits per heavy atom. The van der Waals surface area contributed by atoms with E-state index in [0.29, 0.717) is 0 Å². The third kappa shape index (κ3) is 3.52. The van der Waals surface area contributed by atoms with Gasteiger partial charge in [-0.05, 0) is 24.6 Å². The fraction of sp³-hybridized carbons (Fsp3) is 0.286. The molecule has 1 aromatic carbocycles. The van der Waals surface area contributed by atoms with E-state index < -0.39 is 0 Å². The first-order valence-corrected chi connectivity index (χ1v) is 6.92. The van der Waals surface area contributed by atoms with E-state index in [9.17, 15) is 0 Å². The number of halogens is 1. The predicted octanol–water partition coefficient (Wildman–Crippen LogP) is 2.72. The van der Waals surface area contributed by atoms with Crippen LogP contribution < -0.4 is 4.90 Å². The van der Waals surface area contributed by atoms with Crippen molar-refractivity contribution in [3.63, 3.8) is 0 Å². The molecule has 0 saturated carbocycles. The normalized spacial score (nSPS) is 10.5. The second-order valence-electron chi connectivity index (χ2n) is 4.26. The number of aliphatic hydroxyl groups is 1. The van der Waals surface area contributed by atoms with Gasteiger partial charge in [-0.1, -0.05) is 34.1 Å². The second kappa shape index (κ2) is 6.63. The van der Waals surface area contributed by atoms with E-state index in [1.165, 1.54) is 0 Å². The zero-order valence-electron chi connectivity index (χ0n) is 10.8. The molecule has 19 heavy (non-hydrogen) atoms. The smallest absolute Gasteiger partial charge is 0.151 e. The van der Waals surface area contributed by atoms with Gasteiger partial charge in [-0.15, -0.1) is 10.2 Å². The minimum atomic E-state index is 0.187. The second-order valence-corrected chi connectivity index (χ2v) is 5.11. The number of hydrogen-bond acceptors (Lipinski definition) is 4. The van der Waals surface area contributed by atoms with Gasteiger partial charge in [-0.3, -0.25) is 0 Å². The molecule has 0 bridgehead atoms. The van der Waals surface area contributed by atoms with Gasteiger partial charge in [0.2, 0.25) is 0 Å². The summed E-state index contributed by atoms with van der Waals surface area (Å²) in [7, 11) is 1.94.